The van der Waals surface area contributed by atoms with Crippen LogP contribution >= 0.6 is 35.0 Å². The van der Waals surface area contributed by atoms with E-state index >= 15 is 0 Å². The van der Waals surface area contributed by atoms with Crippen LogP contribution < -0.4 is 5.73 Å². The van der Waals surface area contributed by atoms with E-state index in [4.69, 9.17) is 28.9 Å². The van der Waals surface area contributed by atoms with Crippen molar-refractivity contribution in [3.05, 3.63) is 28.2 Å². The lowest BCUT2D eigenvalue weighted by Gasteiger charge is -2.10. The number of thioether (sulfide) groups is 1. The van der Waals surface area contributed by atoms with Crippen molar-refractivity contribution in [3.63, 3.8) is 0 Å². The average molecular weight is 300 g/mol. The third-order valence-corrected chi connectivity index (χ3v) is 4.06. The van der Waals surface area contributed by atoms with Crippen molar-refractivity contribution in [1.29, 1.82) is 0 Å². The fraction of sp³-hybridized carbons (Fsp3) is 0.100. The minimum atomic E-state index is 0.465. The highest BCUT2D eigenvalue weighted by atomic mass is 35.5. The van der Waals surface area contributed by atoms with Crippen LogP contribution in [0.3, 0.4) is 0 Å². The Hall–Kier alpha value is -1.24. The van der Waals surface area contributed by atoms with E-state index in [0.29, 0.717) is 32.6 Å². The van der Waals surface area contributed by atoms with E-state index in [1.54, 1.807) is 16.8 Å². The summed E-state index contributed by atoms with van der Waals surface area (Å²) in [4.78, 5) is 0. The van der Waals surface area contributed by atoms with Gasteiger partial charge in [-0.25, -0.2) is 0 Å². The number of hydrogen-bond acceptors (Lipinski definition) is 5. The highest BCUT2D eigenvalue weighted by Gasteiger charge is 2.18. The van der Waals surface area contributed by atoms with Crippen molar-refractivity contribution in [3.8, 4) is 11.4 Å². The molecule has 18 heavy (non-hydrogen) atoms. The van der Waals surface area contributed by atoms with Gasteiger partial charge in [-0.1, -0.05) is 35.0 Å². The number of aromatic nitrogens is 3. The molecular weight excluding hydrogens is 293 g/mol. The predicted molar refractivity (Wildman–Crippen MR) is 73.2 cm³/mol. The first-order valence-electron chi connectivity index (χ1n) is 5.02. The summed E-state index contributed by atoms with van der Waals surface area (Å²) in [7, 11) is 0. The van der Waals surface area contributed by atoms with Crippen LogP contribution in [0.2, 0.25) is 10.0 Å². The third kappa shape index (κ3) is 1.96. The molecule has 0 atom stereocenters. The first kappa shape index (κ1) is 11.8. The van der Waals surface area contributed by atoms with Crippen LogP contribution in [0.15, 0.2) is 28.5 Å². The molecule has 92 valence electrons. The van der Waals surface area contributed by atoms with Gasteiger partial charge in [0.1, 0.15) is 5.84 Å². The van der Waals surface area contributed by atoms with Gasteiger partial charge in [-0.05, 0) is 18.2 Å². The second-order valence-electron chi connectivity index (χ2n) is 3.63. The smallest absolute Gasteiger partial charge is 0.212 e. The SMILES string of the molecule is NC1=Nn2c(nnc2-c2ccc(Cl)c(Cl)c2)SC1. The van der Waals surface area contributed by atoms with E-state index in [0.717, 1.165) is 5.56 Å². The number of hydrogen-bond donors (Lipinski definition) is 1. The lowest BCUT2D eigenvalue weighted by atomic mass is 10.2. The molecule has 0 amide bonds. The summed E-state index contributed by atoms with van der Waals surface area (Å²) >= 11 is 13.4. The Bertz CT molecular complexity index is 652. The molecule has 0 fully saturated rings. The number of rotatable bonds is 1. The van der Waals surface area contributed by atoms with Crippen molar-refractivity contribution in [2.75, 3.05) is 5.75 Å². The summed E-state index contributed by atoms with van der Waals surface area (Å²) in [5, 5.41) is 14.1. The zero-order valence-corrected chi connectivity index (χ0v) is 11.3. The molecule has 0 unspecified atom stereocenters. The quantitative estimate of drug-likeness (QED) is 0.878. The summed E-state index contributed by atoms with van der Waals surface area (Å²) < 4.78 is 1.61. The van der Waals surface area contributed by atoms with Gasteiger partial charge in [0.2, 0.25) is 5.16 Å². The van der Waals surface area contributed by atoms with Gasteiger partial charge < -0.3 is 5.73 Å². The molecular formula is C10H7Cl2N5S. The number of nitrogens with zero attached hydrogens (tertiary/aromatic N) is 4. The van der Waals surface area contributed by atoms with Crippen LogP contribution in [0, 0.1) is 0 Å². The largest absolute Gasteiger partial charge is 0.385 e. The predicted octanol–water partition coefficient (Wildman–Crippen LogP) is 2.48. The van der Waals surface area contributed by atoms with Gasteiger partial charge in [0.25, 0.3) is 0 Å². The molecule has 0 saturated heterocycles. The molecule has 8 heteroatoms. The molecule has 3 rings (SSSR count). The van der Waals surface area contributed by atoms with Gasteiger partial charge in [0, 0.05) is 5.56 Å². The molecule has 0 saturated carbocycles. The highest BCUT2D eigenvalue weighted by Crippen LogP contribution is 2.30. The van der Waals surface area contributed by atoms with Gasteiger partial charge in [-0.15, -0.1) is 10.2 Å². The Morgan fingerprint density at radius 3 is 2.83 bits per heavy atom. The molecule has 1 aromatic carbocycles. The molecule has 0 spiro atoms. The maximum Gasteiger partial charge on any atom is 0.212 e. The minimum Gasteiger partial charge on any atom is -0.385 e. The summed E-state index contributed by atoms with van der Waals surface area (Å²) in [5.41, 5.74) is 6.51. The Morgan fingerprint density at radius 2 is 2.06 bits per heavy atom. The summed E-state index contributed by atoms with van der Waals surface area (Å²) in [5.74, 6) is 1.76. The van der Waals surface area contributed by atoms with Gasteiger partial charge in [-0.3, -0.25) is 0 Å². The van der Waals surface area contributed by atoms with E-state index in [9.17, 15) is 0 Å². The zero-order chi connectivity index (χ0) is 12.7. The van der Waals surface area contributed by atoms with Crippen LogP contribution in [0.25, 0.3) is 11.4 Å². The zero-order valence-electron chi connectivity index (χ0n) is 8.97. The molecule has 2 heterocycles. The monoisotopic (exact) mass is 299 g/mol. The molecule has 0 bridgehead atoms. The maximum absolute atomic E-state index is 5.99. The molecule has 1 aliphatic rings. The van der Waals surface area contributed by atoms with Crippen LogP contribution in [-0.4, -0.2) is 26.5 Å². The molecule has 2 aromatic rings. The number of fused-ring (bicyclic) bond motifs is 1. The van der Waals surface area contributed by atoms with E-state index in [-0.39, 0.29) is 0 Å². The number of halogens is 2. The highest BCUT2D eigenvalue weighted by molar-refractivity contribution is 7.99. The molecule has 0 aliphatic carbocycles. The maximum atomic E-state index is 5.99. The molecule has 1 aliphatic heterocycles. The molecule has 2 N–H and O–H groups in total. The molecule has 1 aromatic heterocycles. The average Bonchev–Trinajstić information content (AvgIpc) is 2.75. The van der Waals surface area contributed by atoms with Gasteiger partial charge >= 0.3 is 0 Å². The Balaban J connectivity index is 2.14. The van der Waals surface area contributed by atoms with Crippen LogP contribution in [0.1, 0.15) is 0 Å². The third-order valence-electron chi connectivity index (χ3n) is 2.37. The lowest BCUT2D eigenvalue weighted by Crippen LogP contribution is -2.20. The summed E-state index contributed by atoms with van der Waals surface area (Å²) in [6, 6.07) is 5.26. The normalized spacial score (nSPS) is 14.2. The van der Waals surface area contributed by atoms with E-state index in [2.05, 4.69) is 15.3 Å². The minimum absolute atomic E-state index is 0.465. The first-order chi connectivity index (χ1) is 8.65. The number of nitrogens with two attached hydrogens (primary N) is 1. The summed E-state index contributed by atoms with van der Waals surface area (Å²) in [6.07, 6.45) is 0. The van der Waals surface area contributed by atoms with Gasteiger partial charge in [-0.2, -0.15) is 9.78 Å². The van der Waals surface area contributed by atoms with Crippen molar-refractivity contribution in [2.45, 2.75) is 5.16 Å². The standard InChI is InChI=1S/C10H7Cl2N5S/c11-6-2-1-5(3-7(6)12)9-14-15-10-17(9)16-8(13)4-18-10/h1-3H,4H2,(H2,13,16). The first-order valence-corrected chi connectivity index (χ1v) is 6.76. The Labute approximate surface area is 117 Å². The second-order valence-corrected chi connectivity index (χ2v) is 5.38. The van der Waals surface area contributed by atoms with E-state index in [1.165, 1.54) is 11.8 Å². The Kier molecular flexibility index (Phi) is 2.93. The lowest BCUT2D eigenvalue weighted by molar-refractivity contribution is 0.760. The molecule has 5 nitrogen and oxygen atoms in total. The van der Waals surface area contributed by atoms with Crippen molar-refractivity contribution >= 4 is 40.8 Å². The molecule has 0 radical (unpaired) electrons. The topological polar surface area (TPSA) is 69.1 Å². The van der Waals surface area contributed by atoms with Gasteiger partial charge in [0.05, 0.1) is 15.8 Å². The van der Waals surface area contributed by atoms with Crippen LogP contribution in [0.4, 0.5) is 0 Å². The summed E-state index contributed by atoms with van der Waals surface area (Å²) in [6.45, 7) is 0. The Morgan fingerprint density at radius 1 is 1.22 bits per heavy atom. The van der Waals surface area contributed by atoms with Gasteiger partial charge in [0.15, 0.2) is 5.82 Å². The fourth-order valence-electron chi connectivity index (χ4n) is 1.56. The van der Waals surface area contributed by atoms with E-state index in [1.807, 2.05) is 6.07 Å². The fourth-order valence-corrected chi connectivity index (χ4v) is 2.54. The van der Waals surface area contributed by atoms with Crippen LogP contribution in [0.5, 0.6) is 0 Å². The number of amidine groups is 1. The van der Waals surface area contributed by atoms with Crippen LogP contribution in [-0.2, 0) is 0 Å². The van der Waals surface area contributed by atoms with Crippen molar-refractivity contribution < 1.29 is 0 Å². The van der Waals surface area contributed by atoms with Crippen molar-refractivity contribution in [1.82, 2.24) is 14.9 Å². The van der Waals surface area contributed by atoms with E-state index < -0.39 is 0 Å². The van der Waals surface area contributed by atoms with Crippen molar-refractivity contribution in [2.24, 2.45) is 10.8 Å². The number of benzene rings is 1. The second kappa shape index (κ2) is 4.46.